The predicted molar refractivity (Wildman–Crippen MR) is 169 cm³/mol. The van der Waals surface area contributed by atoms with Crippen LogP contribution in [-0.4, -0.2) is 9.97 Å². The molecule has 0 atom stereocenters. The van der Waals surface area contributed by atoms with Crippen LogP contribution in [0.25, 0.3) is 77.4 Å². The van der Waals surface area contributed by atoms with Gasteiger partial charge in [0.05, 0.1) is 0 Å². The van der Waals surface area contributed by atoms with Crippen LogP contribution in [-0.2, 0) is 0 Å². The van der Waals surface area contributed by atoms with Crippen molar-refractivity contribution in [2.75, 3.05) is 0 Å². The van der Waals surface area contributed by atoms with Gasteiger partial charge >= 0.3 is 0 Å². The maximum absolute atomic E-state index is 5.23. The lowest BCUT2D eigenvalue weighted by molar-refractivity contribution is 0.558. The van der Waals surface area contributed by atoms with Crippen LogP contribution in [0.3, 0.4) is 0 Å². The van der Waals surface area contributed by atoms with E-state index < -0.39 is 0 Å². The third kappa shape index (κ3) is 4.09. The van der Waals surface area contributed by atoms with Crippen molar-refractivity contribution in [2.24, 2.45) is 0 Å². The van der Waals surface area contributed by atoms with Gasteiger partial charge in [-0.1, -0.05) is 109 Å². The van der Waals surface area contributed by atoms with Crippen LogP contribution in [0.5, 0.6) is 0 Å². The maximum Gasteiger partial charge on any atom is 0.181 e. The fraction of sp³-hybridized carbons (Fsp3) is 0. The number of aromatic nitrogens is 2. The summed E-state index contributed by atoms with van der Waals surface area (Å²) in [6.07, 6.45) is 6.30. The highest BCUT2D eigenvalue weighted by Gasteiger charge is 2.15. The second kappa shape index (κ2) is 10.0. The molecule has 4 nitrogen and oxygen atoms in total. The summed E-state index contributed by atoms with van der Waals surface area (Å²) in [5.41, 5.74) is 10.8. The van der Waals surface area contributed by atoms with E-state index in [2.05, 4.69) is 131 Å². The van der Waals surface area contributed by atoms with Crippen molar-refractivity contribution >= 4 is 21.5 Å². The summed E-state index contributed by atoms with van der Waals surface area (Å²) >= 11 is 0. The van der Waals surface area contributed by atoms with Crippen LogP contribution >= 0.6 is 0 Å². The fourth-order valence-electron chi connectivity index (χ4n) is 5.97. The molecule has 0 spiro atoms. The standard InChI is InChI=1S/C38H24N2O2/c1-3-13-33-31(11-1)29(25-7-5-9-27(19-25)37-21-41-23-39-37)15-17-35(33)36-18-16-30(32-12-2-4-14-34(32)36)26-8-6-10-28(20-26)38-22-42-24-40-38/h1-24H. The van der Waals surface area contributed by atoms with Crippen molar-refractivity contribution in [3.8, 4) is 55.9 Å². The molecule has 4 heteroatoms. The van der Waals surface area contributed by atoms with E-state index in [1.807, 2.05) is 0 Å². The van der Waals surface area contributed by atoms with Crippen molar-refractivity contribution in [3.63, 3.8) is 0 Å². The summed E-state index contributed by atoms with van der Waals surface area (Å²) in [6.45, 7) is 0. The zero-order valence-corrected chi connectivity index (χ0v) is 22.6. The largest absolute Gasteiger partial charge is 0.451 e. The van der Waals surface area contributed by atoms with Gasteiger partial charge in [0.15, 0.2) is 12.8 Å². The van der Waals surface area contributed by atoms with Crippen molar-refractivity contribution in [1.82, 2.24) is 9.97 Å². The number of rotatable bonds is 5. The molecule has 0 saturated carbocycles. The van der Waals surface area contributed by atoms with Crippen LogP contribution < -0.4 is 0 Å². The van der Waals surface area contributed by atoms with Crippen LogP contribution in [0.15, 0.2) is 155 Å². The Morgan fingerprint density at radius 1 is 0.357 bits per heavy atom. The maximum atomic E-state index is 5.23. The molecule has 0 aliphatic rings. The van der Waals surface area contributed by atoms with E-state index >= 15 is 0 Å². The minimum absolute atomic E-state index is 0.830. The topological polar surface area (TPSA) is 52.1 Å². The molecule has 8 aromatic rings. The molecule has 0 aliphatic carbocycles. The summed E-state index contributed by atoms with van der Waals surface area (Å²) in [4.78, 5) is 8.68. The van der Waals surface area contributed by atoms with Gasteiger partial charge < -0.3 is 8.83 Å². The number of nitrogens with zero attached hydrogens (tertiary/aromatic N) is 2. The Labute approximate surface area is 242 Å². The zero-order valence-electron chi connectivity index (χ0n) is 22.6. The van der Waals surface area contributed by atoms with E-state index in [0.717, 1.165) is 33.6 Å². The van der Waals surface area contributed by atoms with Crippen LogP contribution in [0.2, 0.25) is 0 Å². The molecule has 0 saturated heterocycles. The molecule has 0 unspecified atom stereocenters. The Hall–Kier alpha value is -5.74. The molecule has 2 heterocycles. The minimum Gasteiger partial charge on any atom is -0.451 e. The molecule has 198 valence electrons. The molecule has 0 fully saturated rings. The van der Waals surface area contributed by atoms with E-state index in [0.29, 0.717) is 0 Å². The molecular formula is C38H24N2O2. The van der Waals surface area contributed by atoms with Crippen molar-refractivity contribution < 1.29 is 8.83 Å². The Morgan fingerprint density at radius 2 is 0.738 bits per heavy atom. The van der Waals surface area contributed by atoms with Gasteiger partial charge in [0, 0.05) is 11.1 Å². The Balaban J connectivity index is 1.28. The first-order valence-electron chi connectivity index (χ1n) is 13.9. The molecule has 6 aromatic carbocycles. The number of benzene rings is 6. The van der Waals surface area contributed by atoms with E-state index in [9.17, 15) is 0 Å². The molecule has 2 aromatic heterocycles. The van der Waals surface area contributed by atoms with Crippen molar-refractivity contribution in [1.29, 1.82) is 0 Å². The van der Waals surface area contributed by atoms with Crippen molar-refractivity contribution in [3.05, 3.63) is 147 Å². The fourth-order valence-corrected chi connectivity index (χ4v) is 5.97. The van der Waals surface area contributed by atoms with E-state index in [-0.39, 0.29) is 0 Å². The highest BCUT2D eigenvalue weighted by molar-refractivity contribution is 6.12. The normalized spacial score (nSPS) is 11.3. The Bertz CT molecular complexity index is 2040. The van der Waals surface area contributed by atoms with E-state index in [1.54, 1.807) is 12.5 Å². The molecule has 0 aliphatic heterocycles. The first kappa shape index (κ1) is 24.1. The first-order valence-corrected chi connectivity index (χ1v) is 13.9. The van der Waals surface area contributed by atoms with Gasteiger partial charge in [-0.3, -0.25) is 0 Å². The van der Waals surface area contributed by atoms with E-state index in [1.165, 1.54) is 56.6 Å². The molecule has 0 N–H and O–H groups in total. The van der Waals surface area contributed by atoms with E-state index in [4.69, 9.17) is 8.83 Å². The molecule has 8 rings (SSSR count). The summed E-state index contributed by atoms with van der Waals surface area (Å²) in [6, 6.07) is 43.3. The molecule has 0 amide bonds. The lowest BCUT2D eigenvalue weighted by Crippen LogP contribution is -1.90. The summed E-state index contributed by atoms with van der Waals surface area (Å²) < 4.78 is 10.5. The highest BCUT2D eigenvalue weighted by atomic mass is 16.3. The predicted octanol–water partition coefficient (Wildman–Crippen LogP) is 10.3. The lowest BCUT2D eigenvalue weighted by Gasteiger charge is -2.16. The number of hydrogen-bond acceptors (Lipinski definition) is 4. The van der Waals surface area contributed by atoms with Gasteiger partial charge in [-0.15, -0.1) is 0 Å². The molecule has 0 bridgehead atoms. The summed E-state index contributed by atoms with van der Waals surface area (Å²) in [7, 11) is 0. The average molecular weight is 541 g/mol. The lowest BCUT2D eigenvalue weighted by atomic mass is 9.87. The number of fused-ring (bicyclic) bond motifs is 2. The van der Waals surface area contributed by atoms with Gasteiger partial charge in [0.25, 0.3) is 0 Å². The second-order valence-corrected chi connectivity index (χ2v) is 10.3. The average Bonchev–Trinajstić information content (AvgIpc) is 3.80. The first-order chi connectivity index (χ1) is 20.8. The van der Waals surface area contributed by atoms with Crippen LogP contribution in [0, 0.1) is 0 Å². The SMILES string of the molecule is c1cc(-c2cocn2)cc(-c2ccc(-c3ccc(-c4cccc(-c5cocn5)c4)c4ccccc34)c3ccccc23)c1. The van der Waals surface area contributed by atoms with Crippen molar-refractivity contribution in [2.45, 2.75) is 0 Å². The second-order valence-electron chi connectivity index (χ2n) is 10.3. The summed E-state index contributed by atoms with van der Waals surface area (Å²) in [5, 5.41) is 4.85. The molecule has 0 radical (unpaired) electrons. The highest BCUT2D eigenvalue weighted by Crippen LogP contribution is 2.41. The summed E-state index contributed by atoms with van der Waals surface area (Å²) in [5.74, 6) is 0. The Kier molecular flexibility index (Phi) is 5.75. The Morgan fingerprint density at radius 3 is 1.14 bits per heavy atom. The number of hydrogen-bond donors (Lipinski definition) is 0. The molecule has 42 heavy (non-hydrogen) atoms. The van der Waals surface area contributed by atoms with Crippen LogP contribution in [0.1, 0.15) is 0 Å². The number of oxazole rings is 2. The third-order valence-corrected chi connectivity index (χ3v) is 7.94. The van der Waals surface area contributed by atoms with Gasteiger partial charge in [-0.25, -0.2) is 9.97 Å². The van der Waals surface area contributed by atoms with Gasteiger partial charge in [0.2, 0.25) is 0 Å². The quantitative estimate of drug-likeness (QED) is 0.218. The van der Waals surface area contributed by atoms with Gasteiger partial charge in [-0.2, -0.15) is 0 Å². The third-order valence-electron chi connectivity index (χ3n) is 7.94. The minimum atomic E-state index is 0.830. The zero-order chi connectivity index (χ0) is 27.9. The smallest absolute Gasteiger partial charge is 0.181 e. The van der Waals surface area contributed by atoms with Gasteiger partial charge in [-0.05, 0) is 67.1 Å². The monoisotopic (exact) mass is 540 g/mol. The van der Waals surface area contributed by atoms with Gasteiger partial charge in [0.1, 0.15) is 23.9 Å². The molecular weight excluding hydrogens is 516 g/mol. The van der Waals surface area contributed by atoms with Crippen LogP contribution in [0.4, 0.5) is 0 Å².